The maximum absolute atomic E-state index is 15.6. The summed E-state index contributed by atoms with van der Waals surface area (Å²) in [6, 6.07) is 7.54. The van der Waals surface area contributed by atoms with E-state index in [-0.39, 0.29) is 11.1 Å². The molecule has 0 aliphatic heterocycles. The van der Waals surface area contributed by atoms with E-state index in [2.05, 4.69) is 30.1 Å². The third kappa shape index (κ3) is 2.84. The van der Waals surface area contributed by atoms with Crippen LogP contribution in [0.25, 0.3) is 55.3 Å². The van der Waals surface area contributed by atoms with Crippen LogP contribution >= 0.6 is 11.3 Å². The number of hydrogen-bond donors (Lipinski definition) is 3. The minimum Gasteiger partial charge on any atom is -0.397 e. The molecule has 156 valence electrons. The lowest BCUT2D eigenvalue weighted by Gasteiger charge is -2.04. The van der Waals surface area contributed by atoms with Gasteiger partial charge < -0.3 is 10.7 Å². The van der Waals surface area contributed by atoms with Gasteiger partial charge in [0.2, 0.25) is 0 Å². The topological polar surface area (TPSA) is 122 Å². The van der Waals surface area contributed by atoms with Gasteiger partial charge in [-0.05, 0) is 31.2 Å². The lowest BCUT2D eigenvalue weighted by atomic mass is 10.1. The van der Waals surface area contributed by atoms with Crippen molar-refractivity contribution in [3.8, 4) is 33.3 Å². The first-order valence-electron chi connectivity index (χ1n) is 9.74. The van der Waals surface area contributed by atoms with E-state index in [1.807, 2.05) is 25.1 Å². The van der Waals surface area contributed by atoms with E-state index >= 15 is 4.39 Å². The lowest BCUT2D eigenvalue weighted by Crippen LogP contribution is -1.94. The van der Waals surface area contributed by atoms with E-state index < -0.39 is 5.82 Å². The van der Waals surface area contributed by atoms with Crippen LogP contribution in [0.5, 0.6) is 0 Å². The maximum Gasteiger partial charge on any atom is 0.161 e. The van der Waals surface area contributed by atoms with Crippen molar-refractivity contribution >= 4 is 39.0 Å². The molecule has 0 saturated carbocycles. The van der Waals surface area contributed by atoms with Crippen molar-refractivity contribution in [1.29, 1.82) is 0 Å². The highest BCUT2D eigenvalue weighted by Gasteiger charge is 2.21. The summed E-state index contributed by atoms with van der Waals surface area (Å²) in [7, 11) is 0. The fourth-order valence-corrected chi connectivity index (χ4v) is 4.59. The molecule has 6 aromatic rings. The average molecular weight is 442 g/mol. The van der Waals surface area contributed by atoms with Gasteiger partial charge in [0.1, 0.15) is 22.6 Å². The summed E-state index contributed by atoms with van der Waals surface area (Å²) in [5.74, 6) is -0.0816. The van der Waals surface area contributed by atoms with Crippen LogP contribution in [0.15, 0.2) is 49.1 Å². The molecule has 0 spiro atoms. The van der Waals surface area contributed by atoms with E-state index in [9.17, 15) is 0 Å². The molecule has 0 amide bonds. The van der Waals surface area contributed by atoms with Crippen LogP contribution in [-0.2, 0) is 0 Å². The minimum absolute atomic E-state index is 0.146. The van der Waals surface area contributed by atoms with Crippen LogP contribution in [0.1, 0.15) is 4.88 Å². The Bertz CT molecular complexity index is 1630. The largest absolute Gasteiger partial charge is 0.397 e. The highest BCUT2D eigenvalue weighted by atomic mass is 32.1. The lowest BCUT2D eigenvalue weighted by molar-refractivity contribution is 0.638. The number of rotatable bonds is 3. The zero-order chi connectivity index (χ0) is 21.8. The number of hydrogen-bond acceptors (Lipinski definition) is 7. The summed E-state index contributed by atoms with van der Waals surface area (Å²) in [4.78, 5) is 23.0. The average Bonchev–Trinajstić information content (AvgIpc) is 3.51. The molecule has 6 rings (SSSR count). The quantitative estimate of drug-likeness (QED) is 0.365. The van der Waals surface area contributed by atoms with Gasteiger partial charge in [-0.3, -0.25) is 20.1 Å². The number of halogens is 1. The number of fused-ring (bicyclic) bond motifs is 2. The Balaban J connectivity index is 1.55. The predicted molar refractivity (Wildman–Crippen MR) is 122 cm³/mol. The van der Waals surface area contributed by atoms with Crippen molar-refractivity contribution in [1.82, 2.24) is 35.1 Å². The fraction of sp³-hybridized carbons (Fsp3) is 0.0455. The van der Waals surface area contributed by atoms with Gasteiger partial charge in [0.05, 0.1) is 33.2 Å². The molecule has 0 bridgehead atoms. The molecule has 4 N–H and O–H groups in total. The van der Waals surface area contributed by atoms with Crippen molar-refractivity contribution in [3.63, 3.8) is 0 Å². The van der Waals surface area contributed by atoms with E-state index in [0.717, 1.165) is 16.1 Å². The second-order valence-corrected chi connectivity index (χ2v) is 8.63. The van der Waals surface area contributed by atoms with Crippen LogP contribution in [0, 0.1) is 12.7 Å². The maximum atomic E-state index is 15.6. The van der Waals surface area contributed by atoms with Gasteiger partial charge >= 0.3 is 0 Å². The number of nitrogens with one attached hydrogen (secondary N) is 2. The minimum atomic E-state index is -0.522. The normalized spacial score (nSPS) is 11.6. The van der Waals surface area contributed by atoms with E-state index in [1.165, 1.54) is 23.5 Å². The number of aromatic amines is 2. The van der Waals surface area contributed by atoms with Crippen molar-refractivity contribution < 1.29 is 4.39 Å². The predicted octanol–water partition coefficient (Wildman–Crippen LogP) is 4.72. The molecule has 0 unspecified atom stereocenters. The van der Waals surface area contributed by atoms with Gasteiger partial charge in [-0.1, -0.05) is 0 Å². The summed E-state index contributed by atoms with van der Waals surface area (Å²) in [6.07, 6.45) is 6.29. The molecule has 0 aromatic carbocycles. The molecular formula is C22H15FN8S. The molecule has 32 heavy (non-hydrogen) atoms. The van der Waals surface area contributed by atoms with E-state index in [0.29, 0.717) is 33.8 Å². The van der Waals surface area contributed by atoms with Gasteiger partial charge in [-0.2, -0.15) is 5.10 Å². The number of aryl methyl sites for hydroxylation is 1. The second kappa shape index (κ2) is 6.92. The molecular weight excluding hydrogens is 427 g/mol. The number of nitrogen functional groups attached to an aromatic ring is 1. The highest BCUT2D eigenvalue weighted by molar-refractivity contribution is 7.15. The molecule has 10 heteroatoms. The smallest absolute Gasteiger partial charge is 0.161 e. The highest BCUT2D eigenvalue weighted by Crippen LogP contribution is 2.35. The Morgan fingerprint density at radius 1 is 1.00 bits per heavy atom. The Kier molecular flexibility index (Phi) is 4.02. The molecule has 0 saturated heterocycles. The number of anilines is 1. The number of thiophene rings is 1. The first-order chi connectivity index (χ1) is 15.6. The summed E-state index contributed by atoms with van der Waals surface area (Å²) in [5, 5.41) is 7.46. The van der Waals surface area contributed by atoms with E-state index in [1.54, 1.807) is 23.6 Å². The number of pyridine rings is 3. The van der Waals surface area contributed by atoms with Crippen LogP contribution in [-0.4, -0.2) is 35.1 Å². The van der Waals surface area contributed by atoms with Gasteiger partial charge in [0.25, 0.3) is 0 Å². The SMILES string of the molecule is Cc1ccc(-c2nccc3[nH]c(-c4n[nH]c5cnc(-c6cncc(N)c6)c(F)c45)nc23)s1. The molecule has 0 atom stereocenters. The van der Waals surface area contributed by atoms with Gasteiger partial charge in [-0.25, -0.2) is 9.37 Å². The molecule has 0 aliphatic carbocycles. The molecule has 6 heterocycles. The molecule has 0 aliphatic rings. The van der Waals surface area contributed by atoms with Crippen LogP contribution in [0.2, 0.25) is 0 Å². The Labute approximate surface area is 184 Å². The Morgan fingerprint density at radius 2 is 1.91 bits per heavy atom. The second-order valence-electron chi connectivity index (χ2n) is 7.34. The Hall–Kier alpha value is -4.18. The summed E-state index contributed by atoms with van der Waals surface area (Å²) < 4.78 is 15.6. The molecule has 0 fully saturated rings. The van der Waals surface area contributed by atoms with Crippen molar-refractivity contribution in [3.05, 3.63) is 59.7 Å². The van der Waals surface area contributed by atoms with Crippen LogP contribution < -0.4 is 5.73 Å². The standard InChI is InChI=1S/C22H15FN8S/c1-10-2-3-15(32-10)20-19-13(4-5-26-20)28-22(29-19)21-16-14(30-31-21)9-27-18(17(16)23)11-6-12(24)8-25-7-11/h2-9H,24H2,1H3,(H,28,29)(H,30,31). The van der Waals surface area contributed by atoms with Crippen LogP contribution in [0.4, 0.5) is 10.1 Å². The molecule has 0 radical (unpaired) electrons. The third-order valence-electron chi connectivity index (χ3n) is 5.18. The van der Waals surface area contributed by atoms with Gasteiger partial charge in [-0.15, -0.1) is 11.3 Å². The summed E-state index contributed by atoms with van der Waals surface area (Å²) in [6.45, 7) is 2.05. The first kappa shape index (κ1) is 18.6. The van der Waals surface area contributed by atoms with Gasteiger partial charge in [0, 0.05) is 29.0 Å². The number of aromatic nitrogens is 7. The number of imidazole rings is 1. The van der Waals surface area contributed by atoms with Gasteiger partial charge in [0.15, 0.2) is 11.6 Å². The number of nitrogens with two attached hydrogens (primary N) is 1. The molecule has 6 aromatic heterocycles. The monoisotopic (exact) mass is 442 g/mol. The number of H-pyrrole nitrogens is 2. The zero-order valence-electron chi connectivity index (χ0n) is 16.7. The zero-order valence-corrected chi connectivity index (χ0v) is 17.5. The Morgan fingerprint density at radius 3 is 2.72 bits per heavy atom. The summed E-state index contributed by atoms with van der Waals surface area (Å²) in [5.41, 5.74) is 9.97. The van der Waals surface area contributed by atoms with Crippen molar-refractivity contribution in [2.45, 2.75) is 6.92 Å². The number of nitrogens with zero attached hydrogens (tertiary/aromatic N) is 5. The first-order valence-corrected chi connectivity index (χ1v) is 10.6. The van der Waals surface area contributed by atoms with Crippen LogP contribution in [0.3, 0.4) is 0 Å². The van der Waals surface area contributed by atoms with Crippen molar-refractivity contribution in [2.75, 3.05) is 5.73 Å². The van der Waals surface area contributed by atoms with E-state index in [4.69, 9.17) is 10.7 Å². The fourth-order valence-electron chi connectivity index (χ4n) is 3.72. The van der Waals surface area contributed by atoms with Crippen molar-refractivity contribution in [2.24, 2.45) is 0 Å². The molecule has 8 nitrogen and oxygen atoms in total. The third-order valence-corrected chi connectivity index (χ3v) is 6.18. The summed E-state index contributed by atoms with van der Waals surface area (Å²) >= 11 is 1.65.